The SMILES string of the molecule is CCCNC(C)(C#N)CC(C)Oc1cccc(N(C)C)c1. The second-order valence-corrected chi connectivity index (χ2v) is 5.90. The van der Waals surface area contributed by atoms with Crippen molar-refractivity contribution in [1.82, 2.24) is 5.32 Å². The molecule has 0 amide bonds. The highest BCUT2D eigenvalue weighted by molar-refractivity contribution is 5.49. The van der Waals surface area contributed by atoms with E-state index in [1.165, 1.54) is 0 Å². The van der Waals surface area contributed by atoms with E-state index in [0.717, 1.165) is 24.4 Å². The zero-order valence-corrected chi connectivity index (χ0v) is 13.8. The van der Waals surface area contributed by atoms with Gasteiger partial charge in [0, 0.05) is 32.3 Å². The van der Waals surface area contributed by atoms with Gasteiger partial charge in [-0.2, -0.15) is 5.26 Å². The number of rotatable bonds is 8. The molecule has 1 aromatic rings. The van der Waals surface area contributed by atoms with Crippen molar-refractivity contribution >= 4 is 5.69 Å². The lowest BCUT2D eigenvalue weighted by Crippen LogP contribution is -2.44. The molecule has 2 atom stereocenters. The Morgan fingerprint density at radius 1 is 1.43 bits per heavy atom. The van der Waals surface area contributed by atoms with Crippen LogP contribution < -0.4 is 15.0 Å². The summed E-state index contributed by atoms with van der Waals surface area (Å²) in [7, 11) is 4.01. The van der Waals surface area contributed by atoms with E-state index in [-0.39, 0.29) is 6.10 Å². The standard InChI is InChI=1S/C17H27N3O/c1-6-10-19-17(3,13-18)12-14(2)21-16-9-7-8-15(11-16)20(4)5/h7-9,11,14,19H,6,10,12H2,1-5H3. The lowest BCUT2D eigenvalue weighted by molar-refractivity contribution is 0.180. The van der Waals surface area contributed by atoms with Crippen LogP contribution in [0.25, 0.3) is 0 Å². The maximum absolute atomic E-state index is 9.37. The van der Waals surface area contributed by atoms with Gasteiger partial charge in [-0.05, 0) is 38.9 Å². The van der Waals surface area contributed by atoms with Gasteiger partial charge in [0.2, 0.25) is 0 Å². The quantitative estimate of drug-likeness (QED) is 0.798. The highest BCUT2D eigenvalue weighted by atomic mass is 16.5. The lowest BCUT2D eigenvalue weighted by Gasteiger charge is -2.27. The Morgan fingerprint density at radius 2 is 2.14 bits per heavy atom. The third-order valence-corrected chi connectivity index (χ3v) is 3.38. The van der Waals surface area contributed by atoms with Gasteiger partial charge < -0.3 is 9.64 Å². The summed E-state index contributed by atoms with van der Waals surface area (Å²) in [5.41, 5.74) is 0.557. The number of benzene rings is 1. The average Bonchev–Trinajstić information content (AvgIpc) is 2.45. The number of anilines is 1. The van der Waals surface area contributed by atoms with E-state index < -0.39 is 5.54 Å². The van der Waals surface area contributed by atoms with Gasteiger partial charge in [0.05, 0.1) is 12.2 Å². The average molecular weight is 289 g/mol. The summed E-state index contributed by atoms with van der Waals surface area (Å²) in [6, 6.07) is 10.3. The van der Waals surface area contributed by atoms with Crippen molar-refractivity contribution in [3.8, 4) is 11.8 Å². The summed E-state index contributed by atoms with van der Waals surface area (Å²) in [6.45, 7) is 6.87. The predicted molar refractivity (Wildman–Crippen MR) is 87.8 cm³/mol. The van der Waals surface area contributed by atoms with Gasteiger partial charge in [-0.1, -0.05) is 13.0 Å². The molecule has 1 aromatic carbocycles. The molecule has 2 unspecified atom stereocenters. The summed E-state index contributed by atoms with van der Waals surface area (Å²) in [6.07, 6.45) is 1.63. The zero-order valence-electron chi connectivity index (χ0n) is 13.8. The Labute approximate surface area is 128 Å². The molecule has 0 heterocycles. The maximum Gasteiger partial charge on any atom is 0.121 e. The number of hydrogen-bond donors (Lipinski definition) is 1. The van der Waals surface area contributed by atoms with Crippen LogP contribution >= 0.6 is 0 Å². The number of hydrogen-bond acceptors (Lipinski definition) is 4. The van der Waals surface area contributed by atoms with Crippen LogP contribution in [0.1, 0.15) is 33.6 Å². The molecule has 0 aliphatic carbocycles. The molecule has 0 aliphatic heterocycles. The third kappa shape index (κ3) is 5.65. The summed E-state index contributed by atoms with van der Waals surface area (Å²) in [5, 5.41) is 12.7. The van der Waals surface area contributed by atoms with Gasteiger partial charge in [0.25, 0.3) is 0 Å². The molecule has 0 saturated carbocycles. The van der Waals surface area contributed by atoms with Crippen LogP contribution in [0.2, 0.25) is 0 Å². The fourth-order valence-corrected chi connectivity index (χ4v) is 2.24. The minimum absolute atomic E-state index is 0.0311. The van der Waals surface area contributed by atoms with E-state index in [9.17, 15) is 5.26 Å². The van der Waals surface area contributed by atoms with Gasteiger partial charge in [-0.15, -0.1) is 0 Å². The van der Waals surface area contributed by atoms with Crippen molar-refractivity contribution in [1.29, 1.82) is 5.26 Å². The van der Waals surface area contributed by atoms with E-state index in [1.54, 1.807) is 0 Å². The van der Waals surface area contributed by atoms with E-state index in [2.05, 4.69) is 18.3 Å². The van der Waals surface area contributed by atoms with Gasteiger partial charge in [-0.3, -0.25) is 5.32 Å². The Morgan fingerprint density at radius 3 is 2.71 bits per heavy atom. The molecule has 0 fully saturated rings. The molecule has 116 valence electrons. The zero-order chi connectivity index (χ0) is 15.9. The molecule has 1 rings (SSSR count). The maximum atomic E-state index is 9.37. The van der Waals surface area contributed by atoms with Crippen molar-refractivity contribution in [2.24, 2.45) is 0 Å². The van der Waals surface area contributed by atoms with E-state index >= 15 is 0 Å². The van der Waals surface area contributed by atoms with Crippen molar-refractivity contribution < 1.29 is 4.74 Å². The Balaban J connectivity index is 2.66. The fourth-order valence-electron chi connectivity index (χ4n) is 2.24. The summed E-state index contributed by atoms with van der Waals surface area (Å²) < 4.78 is 5.96. The van der Waals surface area contributed by atoms with Crippen LogP contribution in [-0.2, 0) is 0 Å². The Hall–Kier alpha value is -1.73. The molecule has 0 aliphatic rings. The van der Waals surface area contributed by atoms with Crippen molar-refractivity contribution in [3.63, 3.8) is 0 Å². The van der Waals surface area contributed by atoms with Gasteiger partial charge in [0.1, 0.15) is 11.3 Å². The van der Waals surface area contributed by atoms with Gasteiger partial charge in [0.15, 0.2) is 0 Å². The molecule has 4 heteroatoms. The first-order valence-electron chi connectivity index (χ1n) is 7.50. The van der Waals surface area contributed by atoms with Crippen LogP contribution in [0, 0.1) is 11.3 Å². The summed E-state index contributed by atoms with van der Waals surface area (Å²) in [5.74, 6) is 0.837. The number of nitrogens with zero attached hydrogens (tertiary/aromatic N) is 2. The topological polar surface area (TPSA) is 48.3 Å². The Bertz CT molecular complexity index is 481. The first kappa shape index (κ1) is 17.3. The van der Waals surface area contributed by atoms with E-state index in [0.29, 0.717) is 6.42 Å². The smallest absolute Gasteiger partial charge is 0.121 e. The molecular formula is C17H27N3O. The molecule has 1 N–H and O–H groups in total. The lowest BCUT2D eigenvalue weighted by atomic mass is 9.96. The predicted octanol–water partition coefficient (Wildman–Crippen LogP) is 3.19. The minimum atomic E-state index is -0.547. The first-order valence-corrected chi connectivity index (χ1v) is 7.50. The molecule has 4 nitrogen and oxygen atoms in total. The highest BCUT2D eigenvalue weighted by Crippen LogP contribution is 2.22. The van der Waals surface area contributed by atoms with Gasteiger partial charge >= 0.3 is 0 Å². The monoisotopic (exact) mass is 289 g/mol. The highest BCUT2D eigenvalue weighted by Gasteiger charge is 2.26. The second-order valence-electron chi connectivity index (χ2n) is 5.90. The van der Waals surface area contributed by atoms with Gasteiger partial charge in [-0.25, -0.2) is 0 Å². The molecule has 0 aromatic heterocycles. The Kier molecular flexibility index (Phi) is 6.51. The normalized spacial score (nSPS) is 14.9. The summed E-state index contributed by atoms with van der Waals surface area (Å²) >= 11 is 0. The summed E-state index contributed by atoms with van der Waals surface area (Å²) in [4.78, 5) is 2.04. The van der Waals surface area contributed by atoms with Crippen LogP contribution in [0.3, 0.4) is 0 Å². The first-order chi connectivity index (χ1) is 9.90. The number of ether oxygens (including phenoxy) is 1. The number of nitriles is 1. The number of nitrogens with one attached hydrogen (secondary N) is 1. The van der Waals surface area contributed by atoms with E-state index in [1.807, 2.05) is 57.1 Å². The molecule has 0 saturated heterocycles. The van der Waals surface area contributed by atoms with Crippen molar-refractivity contribution in [2.45, 2.75) is 45.3 Å². The fraction of sp³-hybridized carbons (Fsp3) is 0.588. The molecule has 21 heavy (non-hydrogen) atoms. The van der Waals surface area contributed by atoms with Crippen molar-refractivity contribution in [2.75, 3.05) is 25.5 Å². The van der Waals surface area contributed by atoms with Crippen LogP contribution in [0.5, 0.6) is 5.75 Å². The second kappa shape index (κ2) is 7.90. The van der Waals surface area contributed by atoms with Crippen LogP contribution in [0.4, 0.5) is 5.69 Å². The molecule has 0 spiro atoms. The molecular weight excluding hydrogens is 262 g/mol. The van der Waals surface area contributed by atoms with Crippen LogP contribution in [-0.4, -0.2) is 32.3 Å². The van der Waals surface area contributed by atoms with Crippen LogP contribution in [0.15, 0.2) is 24.3 Å². The van der Waals surface area contributed by atoms with Crippen molar-refractivity contribution in [3.05, 3.63) is 24.3 Å². The van der Waals surface area contributed by atoms with E-state index in [4.69, 9.17) is 4.74 Å². The molecule has 0 bridgehead atoms. The largest absolute Gasteiger partial charge is 0.491 e. The minimum Gasteiger partial charge on any atom is -0.491 e. The third-order valence-electron chi connectivity index (χ3n) is 3.38. The molecule has 0 radical (unpaired) electrons.